The van der Waals surface area contributed by atoms with Crippen molar-refractivity contribution in [3.8, 4) is 0 Å². The lowest BCUT2D eigenvalue weighted by atomic mass is 9.98. The minimum absolute atomic E-state index is 0.0183. The molecule has 0 spiro atoms. The zero-order valence-corrected chi connectivity index (χ0v) is 19.2. The lowest BCUT2D eigenvalue weighted by molar-refractivity contribution is -0.133. The molecule has 2 aliphatic heterocycles. The Hall–Kier alpha value is -2.41. The number of nitrogens with one attached hydrogen (secondary N) is 2. The van der Waals surface area contributed by atoms with E-state index in [1.807, 2.05) is 35.2 Å². The van der Waals surface area contributed by atoms with Crippen molar-refractivity contribution < 1.29 is 14.4 Å². The SMILES string of the molecule is O=C1CCN(C(=O)CN2CCCCCC2)CCCC(C(=O)NCc2ccccc2)CCN1. The first kappa shape index (κ1) is 24.2. The van der Waals surface area contributed by atoms with E-state index in [9.17, 15) is 14.4 Å². The molecule has 1 unspecified atom stereocenters. The summed E-state index contributed by atoms with van der Waals surface area (Å²) in [5.74, 6) is -0.101. The van der Waals surface area contributed by atoms with Crippen molar-refractivity contribution >= 4 is 17.7 Å². The van der Waals surface area contributed by atoms with Crippen LogP contribution in [0.4, 0.5) is 0 Å². The molecule has 7 heteroatoms. The molecule has 2 fully saturated rings. The third-order valence-electron chi connectivity index (χ3n) is 6.49. The first-order valence-corrected chi connectivity index (χ1v) is 12.2. The van der Waals surface area contributed by atoms with E-state index >= 15 is 0 Å². The van der Waals surface area contributed by atoms with Gasteiger partial charge in [-0.2, -0.15) is 0 Å². The van der Waals surface area contributed by atoms with Gasteiger partial charge in [-0.25, -0.2) is 0 Å². The minimum atomic E-state index is -0.167. The van der Waals surface area contributed by atoms with Gasteiger partial charge in [0.15, 0.2) is 0 Å². The fraction of sp³-hybridized carbons (Fsp3) is 0.640. The Labute approximate surface area is 191 Å². The number of amides is 3. The highest BCUT2D eigenvalue weighted by Gasteiger charge is 2.23. The van der Waals surface area contributed by atoms with Crippen molar-refractivity contribution in [2.75, 3.05) is 39.3 Å². The Kier molecular flexibility index (Phi) is 10.0. The largest absolute Gasteiger partial charge is 0.356 e. The second kappa shape index (κ2) is 13.2. The van der Waals surface area contributed by atoms with Crippen LogP contribution in [0.15, 0.2) is 30.3 Å². The van der Waals surface area contributed by atoms with E-state index in [2.05, 4.69) is 15.5 Å². The summed E-state index contributed by atoms with van der Waals surface area (Å²) >= 11 is 0. The first-order valence-electron chi connectivity index (χ1n) is 12.2. The van der Waals surface area contributed by atoms with E-state index in [4.69, 9.17) is 0 Å². The number of carbonyl (C=O) groups excluding carboxylic acids is 3. The molecular weight excluding hydrogens is 404 g/mol. The van der Waals surface area contributed by atoms with Gasteiger partial charge >= 0.3 is 0 Å². The Morgan fingerprint density at radius 2 is 1.69 bits per heavy atom. The molecule has 176 valence electrons. The minimum Gasteiger partial charge on any atom is -0.356 e. The number of likely N-dealkylation sites (tertiary alicyclic amines) is 1. The molecule has 2 aliphatic rings. The maximum atomic E-state index is 13.0. The number of hydrogen-bond acceptors (Lipinski definition) is 4. The van der Waals surface area contributed by atoms with E-state index in [1.165, 1.54) is 12.8 Å². The molecule has 2 saturated heterocycles. The van der Waals surface area contributed by atoms with Gasteiger partial charge in [-0.3, -0.25) is 19.3 Å². The summed E-state index contributed by atoms with van der Waals surface area (Å²) < 4.78 is 0. The maximum Gasteiger partial charge on any atom is 0.236 e. The molecule has 7 nitrogen and oxygen atoms in total. The molecule has 1 aromatic rings. The summed E-state index contributed by atoms with van der Waals surface area (Å²) in [5.41, 5.74) is 1.07. The maximum absolute atomic E-state index is 13.0. The van der Waals surface area contributed by atoms with Crippen LogP contribution in [0, 0.1) is 5.92 Å². The summed E-state index contributed by atoms with van der Waals surface area (Å²) in [6.45, 7) is 4.43. The van der Waals surface area contributed by atoms with Crippen molar-refractivity contribution in [1.29, 1.82) is 0 Å². The van der Waals surface area contributed by atoms with E-state index < -0.39 is 0 Å². The number of hydrogen-bond donors (Lipinski definition) is 2. The second-order valence-electron chi connectivity index (χ2n) is 9.00. The third-order valence-corrected chi connectivity index (χ3v) is 6.49. The van der Waals surface area contributed by atoms with E-state index in [0.717, 1.165) is 37.9 Å². The van der Waals surface area contributed by atoms with Crippen LogP contribution in [0.2, 0.25) is 0 Å². The number of rotatable bonds is 5. The van der Waals surface area contributed by atoms with Crippen LogP contribution in [-0.2, 0) is 20.9 Å². The molecular formula is C25H38N4O3. The van der Waals surface area contributed by atoms with E-state index in [1.54, 1.807) is 0 Å². The van der Waals surface area contributed by atoms with Gasteiger partial charge in [-0.05, 0) is 50.8 Å². The van der Waals surface area contributed by atoms with E-state index in [0.29, 0.717) is 52.0 Å². The van der Waals surface area contributed by atoms with Crippen molar-refractivity contribution in [3.05, 3.63) is 35.9 Å². The molecule has 2 N–H and O–H groups in total. The normalized spacial score (nSPS) is 21.7. The van der Waals surface area contributed by atoms with Crippen LogP contribution in [-0.4, -0.2) is 66.8 Å². The Morgan fingerprint density at radius 1 is 0.938 bits per heavy atom. The average Bonchev–Trinajstić information content (AvgIpc) is 3.09. The number of carbonyl (C=O) groups is 3. The predicted molar refractivity (Wildman–Crippen MR) is 125 cm³/mol. The molecule has 32 heavy (non-hydrogen) atoms. The number of nitrogens with zero attached hydrogens (tertiary/aromatic N) is 2. The van der Waals surface area contributed by atoms with Crippen molar-refractivity contribution in [2.24, 2.45) is 5.92 Å². The highest BCUT2D eigenvalue weighted by Crippen LogP contribution is 2.15. The van der Waals surface area contributed by atoms with Crippen LogP contribution in [0.3, 0.4) is 0 Å². The van der Waals surface area contributed by atoms with Crippen LogP contribution in [0.5, 0.6) is 0 Å². The molecule has 0 bridgehead atoms. The molecule has 3 amide bonds. The molecule has 1 atom stereocenters. The Balaban J connectivity index is 1.53. The Morgan fingerprint density at radius 3 is 2.44 bits per heavy atom. The molecule has 1 aromatic carbocycles. The van der Waals surface area contributed by atoms with Gasteiger partial charge in [0.2, 0.25) is 17.7 Å². The fourth-order valence-corrected chi connectivity index (χ4v) is 4.52. The standard InChI is InChI=1S/C25H38N4O3/c30-23-13-18-29(24(31)20-28-15-6-1-2-7-16-28)17-8-11-22(12-14-26-23)25(32)27-19-21-9-4-3-5-10-21/h3-5,9-10,22H,1-2,6-8,11-20H2,(H,26,30)(H,27,32). The van der Waals surface area contributed by atoms with Gasteiger partial charge in [0, 0.05) is 38.5 Å². The molecule has 0 saturated carbocycles. The number of benzene rings is 1. The fourth-order valence-electron chi connectivity index (χ4n) is 4.52. The van der Waals surface area contributed by atoms with Gasteiger partial charge in [-0.15, -0.1) is 0 Å². The summed E-state index contributed by atoms with van der Waals surface area (Å²) in [6.07, 6.45) is 7.19. The van der Waals surface area contributed by atoms with Gasteiger partial charge in [-0.1, -0.05) is 43.2 Å². The average molecular weight is 443 g/mol. The second-order valence-corrected chi connectivity index (χ2v) is 9.00. The zero-order chi connectivity index (χ0) is 22.6. The lowest BCUT2D eigenvalue weighted by Gasteiger charge is -2.27. The summed E-state index contributed by atoms with van der Waals surface area (Å²) in [5, 5.41) is 5.96. The van der Waals surface area contributed by atoms with Crippen molar-refractivity contribution in [2.45, 2.75) is 57.9 Å². The molecule has 0 radical (unpaired) electrons. The highest BCUT2D eigenvalue weighted by atomic mass is 16.2. The van der Waals surface area contributed by atoms with Gasteiger partial charge in [0.1, 0.15) is 0 Å². The monoisotopic (exact) mass is 442 g/mol. The third kappa shape index (κ3) is 8.26. The van der Waals surface area contributed by atoms with E-state index in [-0.39, 0.29) is 23.6 Å². The topological polar surface area (TPSA) is 81.8 Å². The quantitative estimate of drug-likeness (QED) is 0.733. The van der Waals surface area contributed by atoms with Crippen LogP contribution in [0.1, 0.15) is 56.9 Å². The smallest absolute Gasteiger partial charge is 0.236 e. The Bertz CT molecular complexity index is 732. The van der Waals surface area contributed by atoms with Crippen LogP contribution >= 0.6 is 0 Å². The summed E-state index contributed by atoms with van der Waals surface area (Å²) in [7, 11) is 0. The molecule has 3 rings (SSSR count). The molecule has 2 heterocycles. The van der Waals surface area contributed by atoms with Crippen LogP contribution < -0.4 is 10.6 Å². The van der Waals surface area contributed by atoms with Crippen molar-refractivity contribution in [3.63, 3.8) is 0 Å². The first-order chi connectivity index (χ1) is 15.6. The van der Waals surface area contributed by atoms with Gasteiger partial charge in [0.25, 0.3) is 0 Å². The van der Waals surface area contributed by atoms with Crippen LogP contribution in [0.25, 0.3) is 0 Å². The van der Waals surface area contributed by atoms with Gasteiger partial charge in [0.05, 0.1) is 6.54 Å². The summed E-state index contributed by atoms with van der Waals surface area (Å²) in [4.78, 5) is 42.1. The molecule has 0 aromatic heterocycles. The zero-order valence-electron chi connectivity index (χ0n) is 19.2. The lowest BCUT2D eigenvalue weighted by Crippen LogP contribution is -2.42. The van der Waals surface area contributed by atoms with Gasteiger partial charge < -0.3 is 15.5 Å². The molecule has 0 aliphatic carbocycles. The van der Waals surface area contributed by atoms with Crippen molar-refractivity contribution in [1.82, 2.24) is 20.4 Å². The highest BCUT2D eigenvalue weighted by molar-refractivity contribution is 5.81. The predicted octanol–water partition coefficient (Wildman–Crippen LogP) is 2.31. The summed E-state index contributed by atoms with van der Waals surface area (Å²) in [6, 6.07) is 9.86.